The van der Waals surface area contributed by atoms with Crippen LogP contribution in [0, 0.1) is 0 Å². The maximum Gasteiger partial charge on any atom is 0.220 e. The minimum atomic E-state index is -0.00904. The predicted octanol–water partition coefficient (Wildman–Crippen LogP) is 3.17. The number of carbonyl (C=O) groups excluding carboxylic acids is 1. The molecule has 0 bridgehead atoms. The summed E-state index contributed by atoms with van der Waals surface area (Å²) in [5, 5.41) is 15.0. The van der Waals surface area contributed by atoms with Gasteiger partial charge in [0.05, 0.1) is 0 Å². The normalized spacial score (nSPS) is 10.7. The fourth-order valence-corrected chi connectivity index (χ4v) is 2.96. The average Bonchev–Trinajstić information content (AvgIpc) is 3.29. The molecule has 5 nitrogen and oxygen atoms in total. The molecule has 0 saturated heterocycles. The van der Waals surface area contributed by atoms with Crippen LogP contribution in [-0.2, 0) is 30.6 Å². The van der Waals surface area contributed by atoms with Crippen LogP contribution in [0.5, 0.6) is 0 Å². The maximum absolute atomic E-state index is 11.8. The van der Waals surface area contributed by atoms with Crippen LogP contribution >= 0.6 is 11.3 Å². The third kappa shape index (κ3) is 5.03. The van der Waals surface area contributed by atoms with Gasteiger partial charge >= 0.3 is 0 Å². The standard InChI is InChI=1S/C18H19N3O2S/c22-16(19-12-15-10-11-24-13-15)7-9-18-21-20-17(23-18)8-6-14-4-2-1-3-5-14/h1-5,10-11,13H,6-9,12H2,(H,19,22). The van der Waals surface area contributed by atoms with E-state index in [9.17, 15) is 4.79 Å². The zero-order valence-corrected chi connectivity index (χ0v) is 14.1. The summed E-state index contributed by atoms with van der Waals surface area (Å²) in [6, 6.07) is 12.2. The van der Waals surface area contributed by atoms with Gasteiger partial charge in [0.2, 0.25) is 17.7 Å². The molecule has 0 unspecified atom stereocenters. The summed E-state index contributed by atoms with van der Waals surface area (Å²) < 4.78 is 5.61. The highest BCUT2D eigenvalue weighted by molar-refractivity contribution is 7.07. The summed E-state index contributed by atoms with van der Waals surface area (Å²) in [5.41, 5.74) is 2.36. The number of carbonyl (C=O) groups is 1. The van der Waals surface area contributed by atoms with Gasteiger partial charge in [-0.05, 0) is 34.4 Å². The summed E-state index contributed by atoms with van der Waals surface area (Å²) in [7, 11) is 0. The SMILES string of the molecule is O=C(CCc1nnc(CCc2ccccc2)o1)NCc1ccsc1. The quantitative estimate of drug-likeness (QED) is 0.683. The van der Waals surface area contributed by atoms with Crippen LogP contribution in [0.15, 0.2) is 51.6 Å². The molecule has 1 amide bonds. The molecule has 1 aromatic carbocycles. The number of thiophene rings is 1. The van der Waals surface area contributed by atoms with E-state index in [0.717, 1.165) is 12.0 Å². The zero-order valence-electron chi connectivity index (χ0n) is 13.3. The molecule has 0 aliphatic heterocycles. The Balaban J connectivity index is 1.40. The highest BCUT2D eigenvalue weighted by Gasteiger charge is 2.09. The first kappa shape index (κ1) is 16.4. The molecule has 0 fully saturated rings. The zero-order chi connectivity index (χ0) is 16.6. The molecule has 0 spiro atoms. The van der Waals surface area contributed by atoms with E-state index in [1.807, 2.05) is 35.0 Å². The van der Waals surface area contributed by atoms with E-state index in [0.29, 0.717) is 37.6 Å². The van der Waals surface area contributed by atoms with Gasteiger partial charge in [-0.2, -0.15) is 11.3 Å². The number of nitrogens with zero attached hydrogens (tertiary/aromatic N) is 2. The number of amides is 1. The largest absolute Gasteiger partial charge is 0.425 e. The third-order valence-corrected chi connectivity index (χ3v) is 4.35. The van der Waals surface area contributed by atoms with Crippen molar-refractivity contribution in [2.75, 3.05) is 0 Å². The maximum atomic E-state index is 11.8. The molecule has 124 valence electrons. The number of aryl methyl sites for hydroxylation is 3. The fraction of sp³-hybridized carbons (Fsp3) is 0.278. The van der Waals surface area contributed by atoms with Crippen LogP contribution < -0.4 is 5.32 Å². The smallest absolute Gasteiger partial charge is 0.220 e. The van der Waals surface area contributed by atoms with E-state index in [1.165, 1.54) is 5.56 Å². The molecule has 1 N–H and O–H groups in total. The van der Waals surface area contributed by atoms with Gasteiger partial charge in [-0.3, -0.25) is 4.79 Å². The lowest BCUT2D eigenvalue weighted by Crippen LogP contribution is -2.22. The third-order valence-electron chi connectivity index (χ3n) is 3.61. The Morgan fingerprint density at radius 3 is 2.54 bits per heavy atom. The molecule has 0 atom stereocenters. The summed E-state index contributed by atoms with van der Waals surface area (Å²) in [6.45, 7) is 0.564. The summed E-state index contributed by atoms with van der Waals surface area (Å²) >= 11 is 1.62. The fourth-order valence-electron chi connectivity index (χ4n) is 2.29. The molecule has 2 aromatic heterocycles. The van der Waals surface area contributed by atoms with Crippen molar-refractivity contribution in [1.29, 1.82) is 0 Å². The Hall–Kier alpha value is -2.47. The van der Waals surface area contributed by atoms with E-state index in [4.69, 9.17) is 4.42 Å². The van der Waals surface area contributed by atoms with Gasteiger partial charge in [-0.1, -0.05) is 30.3 Å². The molecule has 0 aliphatic carbocycles. The molecular weight excluding hydrogens is 322 g/mol. The first-order chi connectivity index (χ1) is 11.8. The second-order valence-electron chi connectivity index (χ2n) is 5.48. The topological polar surface area (TPSA) is 68.0 Å². The van der Waals surface area contributed by atoms with Crippen LogP contribution in [-0.4, -0.2) is 16.1 Å². The molecule has 3 rings (SSSR count). The highest BCUT2D eigenvalue weighted by atomic mass is 32.1. The number of aromatic nitrogens is 2. The molecule has 0 aliphatic rings. The van der Waals surface area contributed by atoms with E-state index in [2.05, 4.69) is 27.6 Å². The Labute approximate surface area is 144 Å². The number of benzene rings is 1. The molecule has 3 aromatic rings. The van der Waals surface area contributed by atoms with Gasteiger partial charge in [0.15, 0.2) is 0 Å². The molecule has 6 heteroatoms. The number of hydrogen-bond acceptors (Lipinski definition) is 5. The van der Waals surface area contributed by atoms with Crippen molar-refractivity contribution in [3.8, 4) is 0 Å². The van der Waals surface area contributed by atoms with Crippen molar-refractivity contribution in [1.82, 2.24) is 15.5 Å². The van der Waals surface area contributed by atoms with Gasteiger partial charge < -0.3 is 9.73 Å². The highest BCUT2D eigenvalue weighted by Crippen LogP contribution is 2.08. The van der Waals surface area contributed by atoms with E-state index in [1.54, 1.807) is 11.3 Å². The van der Waals surface area contributed by atoms with Crippen molar-refractivity contribution in [3.05, 3.63) is 70.1 Å². The summed E-state index contributed by atoms with van der Waals surface area (Å²) in [6.07, 6.45) is 2.39. The minimum absolute atomic E-state index is 0.00904. The van der Waals surface area contributed by atoms with Gasteiger partial charge in [0.1, 0.15) is 0 Å². The lowest BCUT2D eigenvalue weighted by atomic mass is 10.1. The van der Waals surface area contributed by atoms with Gasteiger partial charge in [-0.15, -0.1) is 10.2 Å². The lowest BCUT2D eigenvalue weighted by molar-refractivity contribution is -0.121. The average molecular weight is 341 g/mol. The Morgan fingerprint density at radius 2 is 1.79 bits per heavy atom. The van der Waals surface area contributed by atoms with Crippen molar-refractivity contribution >= 4 is 17.2 Å². The molecule has 2 heterocycles. The Bertz CT molecular complexity index is 754. The first-order valence-corrected chi connectivity index (χ1v) is 8.87. The molecule has 0 radical (unpaired) electrons. The van der Waals surface area contributed by atoms with E-state index in [-0.39, 0.29) is 5.91 Å². The van der Waals surface area contributed by atoms with Gasteiger partial charge in [0, 0.05) is 25.8 Å². The van der Waals surface area contributed by atoms with Crippen molar-refractivity contribution < 1.29 is 9.21 Å². The van der Waals surface area contributed by atoms with Crippen LogP contribution in [0.3, 0.4) is 0 Å². The molecule has 0 saturated carbocycles. The first-order valence-electron chi connectivity index (χ1n) is 7.92. The number of rotatable bonds is 8. The van der Waals surface area contributed by atoms with Crippen LogP contribution in [0.25, 0.3) is 0 Å². The van der Waals surface area contributed by atoms with Crippen molar-refractivity contribution in [3.63, 3.8) is 0 Å². The van der Waals surface area contributed by atoms with E-state index >= 15 is 0 Å². The lowest BCUT2D eigenvalue weighted by Gasteiger charge is -2.02. The minimum Gasteiger partial charge on any atom is -0.425 e. The van der Waals surface area contributed by atoms with Crippen LogP contribution in [0.4, 0.5) is 0 Å². The van der Waals surface area contributed by atoms with E-state index < -0.39 is 0 Å². The Morgan fingerprint density at radius 1 is 1.00 bits per heavy atom. The Kier molecular flexibility index (Phi) is 5.74. The van der Waals surface area contributed by atoms with Gasteiger partial charge in [-0.25, -0.2) is 0 Å². The van der Waals surface area contributed by atoms with Crippen LogP contribution in [0.2, 0.25) is 0 Å². The molecular formula is C18H19N3O2S. The number of nitrogens with one attached hydrogen (secondary N) is 1. The monoisotopic (exact) mass is 341 g/mol. The predicted molar refractivity (Wildman–Crippen MR) is 92.6 cm³/mol. The van der Waals surface area contributed by atoms with Crippen molar-refractivity contribution in [2.45, 2.75) is 32.2 Å². The second-order valence-corrected chi connectivity index (χ2v) is 6.26. The summed E-state index contributed by atoms with van der Waals surface area (Å²) in [4.78, 5) is 11.8. The van der Waals surface area contributed by atoms with Gasteiger partial charge in [0.25, 0.3) is 0 Å². The summed E-state index contributed by atoms with van der Waals surface area (Å²) in [5.74, 6) is 1.13. The van der Waals surface area contributed by atoms with Crippen molar-refractivity contribution in [2.24, 2.45) is 0 Å². The molecule has 24 heavy (non-hydrogen) atoms. The second kappa shape index (κ2) is 8.40. The number of hydrogen-bond donors (Lipinski definition) is 1. The van der Waals surface area contributed by atoms with Crippen LogP contribution in [0.1, 0.15) is 29.3 Å².